The number of rotatable bonds is 6. The second kappa shape index (κ2) is 6.36. The third kappa shape index (κ3) is 3.84. The van der Waals surface area contributed by atoms with Crippen molar-refractivity contribution in [3.05, 3.63) is 42.2 Å². The number of nitrogens with one attached hydrogen (secondary N) is 1. The number of nitrogens with zero attached hydrogens (tertiary/aromatic N) is 1. The standard InChI is InChI=1S/C13H20N2/c1-4-6-7-13(14-5-2)12-8-9-15-11(3)10-12/h4,8-10,13-14H,1,5-7H2,2-3H3. The van der Waals surface area contributed by atoms with Crippen molar-refractivity contribution in [3.63, 3.8) is 0 Å². The largest absolute Gasteiger partial charge is 0.310 e. The van der Waals surface area contributed by atoms with Gasteiger partial charge in [-0.2, -0.15) is 0 Å². The molecule has 82 valence electrons. The van der Waals surface area contributed by atoms with Gasteiger partial charge in [-0.25, -0.2) is 0 Å². The van der Waals surface area contributed by atoms with E-state index in [0.717, 1.165) is 25.1 Å². The molecule has 1 heterocycles. The van der Waals surface area contributed by atoms with Crippen molar-refractivity contribution in [2.24, 2.45) is 0 Å². The van der Waals surface area contributed by atoms with Crippen molar-refractivity contribution in [2.45, 2.75) is 32.7 Å². The Bertz CT molecular complexity index is 307. The fourth-order valence-corrected chi connectivity index (χ4v) is 1.70. The third-order valence-corrected chi connectivity index (χ3v) is 2.43. The maximum atomic E-state index is 4.21. The van der Waals surface area contributed by atoms with Crippen molar-refractivity contribution in [2.75, 3.05) is 6.54 Å². The van der Waals surface area contributed by atoms with Crippen molar-refractivity contribution in [1.29, 1.82) is 0 Å². The zero-order chi connectivity index (χ0) is 11.1. The van der Waals surface area contributed by atoms with E-state index < -0.39 is 0 Å². The first-order valence-electron chi connectivity index (χ1n) is 5.54. The lowest BCUT2D eigenvalue weighted by molar-refractivity contribution is 0.519. The van der Waals surface area contributed by atoms with Crippen LogP contribution in [0.2, 0.25) is 0 Å². The van der Waals surface area contributed by atoms with Crippen LogP contribution in [0.15, 0.2) is 31.0 Å². The molecule has 0 aliphatic rings. The van der Waals surface area contributed by atoms with Gasteiger partial charge in [0, 0.05) is 17.9 Å². The Morgan fingerprint density at radius 2 is 2.40 bits per heavy atom. The summed E-state index contributed by atoms with van der Waals surface area (Å²) < 4.78 is 0. The molecule has 0 amide bonds. The van der Waals surface area contributed by atoms with Gasteiger partial charge in [0.05, 0.1) is 0 Å². The van der Waals surface area contributed by atoms with Crippen LogP contribution in [-0.4, -0.2) is 11.5 Å². The van der Waals surface area contributed by atoms with Gasteiger partial charge in [0.1, 0.15) is 0 Å². The summed E-state index contributed by atoms with van der Waals surface area (Å²) >= 11 is 0. The van der Waals surface area contributed by atoms with Crippen LogP contribution in [0.25, 0.3) is 0 Å². The van der Waals surface area contributed by atoms with Crippen molar-refractivity contribution < 1.29 is 0 Å². The monoisotopic (exact) mass is 204 g/mol. The molecule has 1 unspecified atom stereocenters. The smallest absolute Gasteiger partial charge is 0.0375 e. The predicted octanol–water partition coefficient (Wildman–Crippen LogP) is 3.01. The Morgan fingerprint density at radius 3 is 3.00 bits per heavy atom. The highest BCUT2D eigenvalue weighted by Gasteiger charge is 2.08. The molecule has 15 heavy (non-hydrogen) atoms. The third-order valence-electron chi connectivity index (χ3n) is 2.43. The average molecular weight is 204 g/mol. The molecule has 1 aromatic heterocycles. The van der Waals surface area contributed by atoms with E-state index in [1.807, 2.05) is 19.2 Å². The van der Waals surface area contributed by atoms with E-state index in [9.17, 15) is 0 Å². The fourth-order valence-electron chi connectivity index (χ4n) is 1.70. The van der Waals surface area contributed by atoms with E-state index in [4.69, 9.17) is 0 Å². The zero-order valence-electron chi connectivity index (χ0n) is 9.66. The molecule has 0 spiro atoms. The number of pyridine rings is 1. The summed E-state index contributed by atoms with van der Waals surface area (Å²) in [6.07, 6.45) is 5.99. The Labute approximate surface area is 92.4 Å². The van der Waals surface area contributed by atoms with E-state index >= 15 is 0 Å². The lowest BCUT2D eigenvalue weighted by atomic mass is 10.0. The molecule has 1 atom stereocenters. The van der Waals surface area contributed by atoms with Gasteiger partial charge in [-0.1, -0.05) is 13.0 Å². The summed E-state index contributed by atoms with van der Waals surface area (Å²) in [6, 6.07) is 4.66. The highest BCUT2D eigenvalue weighted by molar-refractivity contribution is 5.19. The lowest BCUT2D eigenvalue weighted by Crippen LogP contribution is -2.20. The molecule has 0 aromatic carbocycles. The van der Waals surface area contributed by atoms with Crippen molar-refractivity contribution in [3.8, 4) is 0 Å². The van der Waals surface area contributed by atoms with E-state index in [0.29, 0.717) is 6.04 Å². The van der Waals surface area contributed by atoms with Gasteiger partial charge in [0.25, 0.3) is 0 Å². The van der Waals surface area contributed by atoms with Crippen LogP contribution in [-0.2, 0) is 0 Å². The van der Waals surface area contributed by atoms with Crippen LogP contribution in [0, 0.1) is 6.92 Å². The molecule has 0 aliphatic heterocycles. The van der Waals surface area contributed by atoms with Crippen LogP contribution < -0.4 is 5.32 Å². The maximum absolute atomic E-state index is 4.21. The van der Waals surface area contributed by atoms with Crippen LogP contribution in [0.5, 0.6) is 0 Å². The molecule has 0 fully saturated rings. The summed E-state index contributed by atoms with van der Waals surface area (Å²) in [5, 5.41) is 3.49. The summed E-state index contributed by atoms with van der Waals surface area (Å²) in [7, 11) is 0. The Balaban J connectivity index is 2.73. The summed E-state index contributed by atoms with van der Waals surface area (Å²) in [5.41, 5.74) is 2.40. The topological polar surface area (TPSA) is 24.9 Å². The van der Waals surface area contributed by atoms with Gasteiger partial charge < -0.3 is 5.32 Å². The fraction of sp³-hybridized carbons (Fsp3) is 0.462. The molecular weight excluding hydrogens is 184 g/mol. The molecule has 0 bridgehead atoms. The lowest BCUT2D eigenvalue weighted by Gasteiger charge is -2.17. The molecule has 2 nitrogen and oxygen atoms in total. The number of hydrogen-bond acceptors (Lipinski definition) is 2. The van der Waals surface area contributed by atoms with Crippen LogP contribution in [0.1, 0.15) is 37.1 Å². The molecule has 2 heteroatoms. The van der Waals surface area contributed by atoms with Gasteiger partial charge in [-0.15, -0.1) is 6.58 Å². The van der Waals surface area contributed by atoms with E-state index in [1.165, 1.54) is 5.56 Å². The first-order chi connectivity index (χ1) is 7.27. The van der Waals surface area contributed by atoms with Gasteiger partial charge in [0.15, 0.2) is 0 Å². The second-order valence-electron chi connectivity index (χ2n) is 3.71. The quantitative estimate of drug-likeness (QED) is 0.720. The van der Waals surface area contributed by atoms with Gasteiger partial charge in [-0.05, 0) is 44.0 Å². The van der Waals surface area contributed by atoms with Crippen LogP contribution >= 0.6 is 0 Å². The highest BCUT2D eigenvalue weighted by atomic mass is 14.9. The first kappa shape index (κ1) is 11.9. The van der Waals surface area contributed by atoms with Crippen molar-refractivity contribution in [1.82, 2.24) is 10.3 Å². The number of aryl methyl sites for hydroxylation is 1. The van der Waals surface area contributed by atoms with E-state index in [-0.39, 0.29) is 0 Å². The minimum atomic E-state index is 0.426. The molecule has 1 rings (SSSR count). The molecule has 0 saturated heterocycles. The molecular formula is C13H20N2. The highest BCUT2D eigenvalue weighted by Crippen LogP contribution is 2.18. The summed E-state index contributed by atoms with van der Waals surface area (Å²) in [6.45, 7) is 8.91. The summed E-state index contributed by atoms with van der Waals surface area (Å²) in [4.78, 5) is 4.21. The van der Waals surface area contributed by atoms with Crippen molar-refractivity contribution >= 4 is 0 Å². The number of hydrogen-bond donors (Lipinski definition) is 1. The molecule has 0 radical (unpaired) electrons. The molecule has 0 aliphatic carbocycles. The number of allylic oxidation sites excluding steroid dienone is 1. The minimum Gasteiger partial charge on any atom is -0.310 e. The van der Waals surface area contributed by atoms with Gasteiger partial charge >= 0.3 is 0 Å². The summed E-state index contributed by atoms with van der Waals surface area (Å²) in [5.74, 6) is 0. The van der Waals surface area contributed by atoms with Gasteiger partial charge in [-0.3, -0.25) is 4.98 Å². The average Bonchev–Trinajstić information content (AvgIpc) is 2.24. The van der Waals surface area contributed by atoms with Crippen LogP contribution in [0.3, 0.4) is 0 Å². The second-order valence-corrected chi connectivity index (χ2v) is 3.71. The predicted molar refractivity (Wildman–Crippen MR) is 64.8 cm³/mol. The molecule has 0 saturated carbocycles. The zero-order valence-corrected chi connectivity index (χ0v) is 9.66. The Morgan fingerprint density at radius 1 is 1.60 bits per heavy atom. The minimum absolute atomic E-state index is 0.426. The Kier molecular flexibility index (Phi) is 5.05. The first-order valence-corrected chi connectivity index (χ1v) is 5.54. The molecule has 1 N–H and O–H groups in total. The Hall–Kier alpha value is -1.15. The SMILES string of the molecule is C=CCCC(NCC)c1ccnc(C)c1. The number of aromatic nitrogens is 1. The van der Waals surface area contributed by atoms with E-state index in [2.05, 4.69) is 35.9 Å². The maximum Gasteiger partial charge on any atom is 0.0375 e. The van der Waals surface area contributed by atoms with Gasteiger partial charge in [0.2, 0.25) is 0 Å². The normalized spacial score (nSPS) is 12.4. The van der Waals surface area contributed by atoms with Crippen LogP contribution in [0.4, 0.5) is 0 Å². The van der Waals surface area contributed by atoms with E-state index in [1.54, 1.807) is 0 Å². The molecule has 1 aromatic rings.